The van der Waals surface area contributed by atoms with E-state index in [2.05, 4.69) is 15.6 Å². The number of ether oxygens (including phenoxy) is 2. The van der Waals surface area contributed by atoms with Crippen LogP contribution in [0.4, 0.5) is 10.7 Å². The van der Waals surface area contributed by atoms with Crippen molar-refractivity contribution in [3.05, 3.63) is 50.5 Å². The van der Waals surface area contributed by atoms with Crippen molar-refractivity contribution in [1.82, 2.24) is 0 Å². The minimum atomic E-state index is -0.895. The van der Waals surface area contributed by atoms with Crippen molar-refractivity contribution in [2.75, 3.05) is 31.4 Å². The van der Waals surface area contributed by atoms with Crippen LogP contribution in [0, 0.1) is 0 Å². The Morgan fingerprint density at radius 1 is 1.22 bits per heavy atom. The first-order chi connectivity index (χ1) is 17.8. The second-order valence-electron chi connectivity index (χ2n) is 8.29. The standard InChI is InChI=1S/C25H27ClN4O5S2/c1-4-35-25(33)17-13-7-5-6-8-16(13)36-24(17)30-22(32)20-19(27)18(23(28-2)37-20)21(31)29-12-9-10-15(34-3)14(26)11-12/h9-11,20H,4-8,27H2,1-3H3,(H,29,31)(H,30,32)/t20-/m0/s1. The van der Waals surface area contributed by atoms with Crippen molar-refractivity contribution in [2.45, 2.75) is 37.9 Å². The molecule has 9 nitrogen and oxygen atoms in total. The molecule has 0 fully saturated rings. The fraction of sp³-hybridized carbons (Fsp3) is 0.360. The summed E-state index contributed by atoms with van der Waals surface area (Å²) in [4.78, 5) is 44.5. The molecule has 4 rings (SSSR count). The zero-order valence-corrected chi connectivity index (χ0v) is 23.0. The molecule has 1 aromatic carbocycles. The summed E-state index contributed by atoms with van der Waals surface area (Å²) >= 11 is 8.64. The van der Waals surface area contributed by atoms with E-state index in [1.54, 1.807) is 25.1 Å². The molecule has 2 aliphatic rings. The molecule has 2 amide bonds. The SMILES string of the molecule is CCOC(=O)c1c(NC(=O)[C@H]2SC(=NC)C(C(=O)Nc3ccc(OC)c(Cl)c3)=C2N)sc2c1CCCC2. The second-order valence-corrected chi connectivity index (χ2v) is 10.9. The maximum Gasteiger partial charge on any atom is 0.341 e. The highest BCUT2D eigenvalue weighted by Crippen LogP contribution is 2.40. The number of aliphatic imine (C=N–C) groups is 1. The van der Waals surface area contributed by atoms with Gasteiger partial charge in [-0.05, 0) is 56.4 Å². The lowest BCUT2D eigenvalue weighted by molar-refractivity contribution is -0.115. The van der Waals surface area contributed by atoms with Gasteiger partial charge in [-0.1, -0.05) is 23.4 Å². The van der Waals surface area contributed by atoms with E-state index in [0.29, 0.717) is 32.1 Å². The number of anilines is 2. The average Bonchev–Trinajstić information content (AvgIpc) is 3.41. The van der Waals surface area contributed by atoms with Gasteiger partial charge in [-0.3, -0.25) is 14.6 Å². The first-order valence-corrected chi connectivity index (χ1v) is 13.8. The molecule has 2 aromatic rings. The number of halogens is 1. The Morgan fingerprint density at radius 2 is 1.97 bits per heavy atom. The van der Waals surface area contributed by atoms with Crippen LogP contribution in [0.1, 0.15) is 40.6 Å². The number of benzene rings is 1. The van der Waals surface area contributed by atoms with Gasteiger partial charge < -0.3 is 25.8 Å². The summed E-state index contributed by atoms with van der Waals surface area (Å²) in [5, 5.41) is 5.85. The molecule has 12 heteroatoms. The predicted molar refractivity (Wildman–Crippen MR) is 148 cm³/mol. The number of thioether (sulfide) groups is 1. The summed E-state index contributed by atoms with van der Waals surface area (Å²) in [5.41, 5.74) is 8.34. The monoisotopic (exact) mass is 562 g/mol. The Bertz CT molecular complexity index is 1320. The molecular formula is C25H27ClN4O5S2. The van der Waals surface area contributed by atoms with Crippen LogP contribution in [0.15, 0.2) is 34.5 Å². The second kappa shape index (κ2) is 11.6. The fourth-order valence-electron chi connectivity index (χ4n) is 4.26. The van der Waals surface area contributed by atoms with Crippen LogP contribution in [0.2, 0.25) is 5.02 Å². The van der Waals surface area contributed by atoms with Crippen LogP contribution in [-0.2, 0) is 27.2 Å². The molecule has 196 valence electrons. The molecule has 1 aliphatic carbocycles. The fourth-order valence-corrected chi connectivity index (χ4v) is 6.87. The maximum absolute atomic E-state index is 13.4. The smallest absolute Gasteiger partial charge is 0.341 e. The Hall–Kier alpha value is -3.02. The number of methoxy groups -OCH3 is 1. The minimum Gasteiger partial charge on any atom is -0.495 e. The first kappa shape index (κ1) is 27.0. The van der Waals surface area contributed by atoms with Crippen LogP contribution in [-0.4, -0.2) is 48.8 Å². The zero-order valence-electron chi connectivity index (χ0n) is 20.6. The third-order valence-corrected chi connectivity index (χ3v) is 8.80. The summed E-state index contributed by atoms with van der Waals surface area (Å²) in [6.07, 6.45) is 3.63. The van der Waals surface area contributed by atoms with Crippen molar-refractivity contribution in [2.24, 2.45) is 10.7 Å². The molecule has 4 N–H and O–H groups in total. The number of nitrogens with one attached hydrogen (secondary N) is 2. The van der Waals surface area contributed by atoms with E-state index in [1.165, 1.54) is 25.5 Å². The molecule has 0 bridgehead atoms. The van der Waals surface area contributed by atoms with Gasteiger partial charge in [-0.2, -0.15) is 0 Å². The third kappa shape index (κ3) is 5.48. The Kier molecular flexibility index (Phi) is 8.46. The van der Waals surface area contributed by atoms with Crippen molar-refractivity contribution in [3.8, 4) is 5.75 Å². The molecule has 0 radical (unpaired) electrons. The van der Waals surface area contributed by atoms with E-state index in [0.717, 1.165) is 47.9 Å². The number of hydrogen-bond donors (Lipinski definition) is 3. The zero-order chi connectivity index (χ0) is 26.7. The third-order valence-electron chi connectivity index (χ3n) is 5.98. The first-order valence-electron chi connectivity index (χ1n) is 11.7. The summed E-state index contributed by atoms with van der Waals surface area (Å²) in [5.74, 6) is -0.933. The van der Waals surface area contributed by atoms with Crippen molar-refractivity contribution in [1.29, 1.82) is 0 Å². The van der Waals surface area contributed by atoms with Gasteiger partial charge in [0.25, 0.3) is 5.91 Å². The van der Waals surface area contributed by atoms with Crippen LogP contribution in [0.25, 0.3) is 0 Å². The summed E-state index contributed by atoms with van der Waals surface area (Å²) in [6.45, 7) is 1.98. The van der Waals surface area contributed by atoms with Crippen LogP contribution in [0.3, 0.4) is 0 Å². The summed E-state index contributed by atoms with van der Waals surface area (Å²) < 4.78 is 10.4. The molecule has 0 spiro atoms. The van der Waals surface area contributed by atoms with Crippen molar-refractivity contribution in [3.63, 3.8) is 0 Å². The molecule has 0 unspecified atom stereocenters. The number of carbonyl (C=O) groups is 3. The molecule has 1 aliphatic heterocycles. The van der Waals surface area contributed by atoms with Gasteiger partial charge in [0.2, 0.25) is 5.91 Å². The molecule has 2 heterocycles. The number of nitrogens with two attached hydrogens (primary N) is 1. The topological polar surface area (TPSA) is 132 Å². The van der Waals surface area contributed by atoms with E-state index in [1.807, 2.05) is 0 Å². The van der Waals surface area contributed by atoms with Gasteiger partial charge in [-0.15, -0.1) is 11.3 Å². The Morgan fingerprint density at radius 3 is 2.65 bits per heavy atom. The van der Waals surface area contributed by atoms with Crippen molar-refractivity contribution >= 4 is 68.2 Å². The molecule has 0 saturated carbocycles. The Balaban J connectivity index is 1.58. The van der Waals surface area contributed by atoms with Gasteiger partial charge in [0.1, 0.15) is 21.0 Å². The highest BCUT2D eigenvalue weighted by Gasteiger charge is 2.39. The Labute approximate surface area is 227 Å². The number of thiophene rings is 1. The van der Waals surface area contributed by atoms with Gasteiger partial charge in [0, 0.05) is 23.3 Å². The van der Waals surface area contributed by atoms with Crippen LogP contribution < -0.4 is 21.1 Å². The maximum atomic E-state index is 13.4. The number of carbonyl (C=O) groups excluding carboxylic acids is 3. The van der Waals surface area contributed by atoms with E-state index >= 15 is 0 Å². The number of aryl methyl sites for hydroxylation is 1. The highest BCUT2D eigenvalue weighted by atomic mass is 35.5. The summed E-state index contributed by atoms with van der Waals surface area (Å²) in [6, 6.07) is 4.83. The number of fused-ring (bicyclic) bond motifs is 1. The van der Waals surface area contributed by atoms with Crippen LogP contribution >= 0.6 is 34.7 Å². The molecule has 37 heavy (non-hydrogen) atoms. The van der Waals surface area contributed by atoms with Crippen molar-refractivity contribution < 1.29 is 23.9 Å². The molecular weight excluding hydrogens is 536 g/mol. The quantitative estimate of drug-likeness (QED) is 0.426. The normalized spacial score (nSPS) is 17.9. The van der Waals surface area contributed by atoms with Gasteiger partial charge >= 0.3 is 5.97 Å². The lowest BCUT2D eigenvalue weighted by Gasteiger charge is -2.13. The summed E-state index contributed by atoms with van der Waals surface area (Å²) in [7, 11) is 3.02. The van der Waals surface area contributed by atoms with Gasteiger partial charge in [0.05, 0.1) is 29.9 Å². The number of hydrogen-bond acceptors (Lipinski definition) is 9. The largest absolute Gasteiger partial charge is 0.495 e. The number of nitrogens with zero attached hydrogens (tertiary/aromatic N) is 1. The average molecular weight is 563 g/mol. The highest BCUT2D eigenvalue weighted by molar-refractivity contribution is 8.16. The van der Waals surface area contributed by atoms with Gasteiger partial charge in [0.15, 0.2) is 0 Å². The van der Waals surface area contributed by atoms with E-state index in [-0.39, 0.29) is 17.9 Å². The molecule has 1 aromatic heterocycles. The van der Waals surface area contributed by atoms with Crippen LogP contribution in [0.5, 0.6) is 5.75 Å². The molecule has 0 saturated heterocycles. The van der Waals surface area contributed by atoms with E-state index in [9.17, 15) is 14.4 Å². The number of esters is 1. The minimum absolute atomic E-state index is 0.0826. The lowest BCUT2D eigenvalue weighted by atomic mass is 9.95. The number of amides is 2. The number of rotatable bonds is 7. The molecule has 1 atom stereocenters. The predicted octanol–water partition coefficient (Wildman–Crippen LogP) is 4.40. The van der Waals surface area contributed by atoms with Gasteiger partial charge in [-0.25, -0.2) is 4.79 Å². The van der Waals surface area contributed by atoms with E-state index < -0.39 is 23.0 Å². The lowest BCUT2D eigenvalue weighted by Crippen LogP contribution is -2.30. The van der Waals surface area contributed by atoms with E-state index in [4.69, 9.17) is 26.8 Å².